The number of aliphatic hydroxyl groups excluding tert-OH is 1. The molecule has 2 unspecified atom stereocenters. The van der Waals surface area contributed by atoms with Gasteiger partial charge in [0.1, 0.15) is 17.6 Å². The number of pyridine rings is 1. The molecule has 0 radical (unpaired) electrons. The van der Waals surface area contributed by atoms with E-state index in [4.69, 9.17) is 16.1 Å². The summed E-state index contributed by atoms with van der Waals surface area (Å²) >= 11 is 0. The van der Waals surface area contributed by atoms with Gasteiger partial charge in [-0.2, -0.15) is 5.26 Å². The summed E-state index contributed by atoms with van der Waals surface area (Å²) in [5, 5.41) is 20.7. The van der Waals surface area contributed by atoms with E-state index in [-0.39, 0.29) is 6.04 Å². The molecule has 0 aromatic carbocycles. The molecule has 0 saturated carbocycles. The number of nitriles is 1. The molecular formula is C10H14N4O. The summed E-state index contributed by atoms with van der Waals surface area (Å²) in [5.41, 5.74) is 5.98. The standard InChI is InChI=1S/C10H14N4O/c1-7(15)9(12)6-13-10-4-2-3-8(5-11)14-10/h2-4,7,9,15H,6,12H2,1H3,(H,13,14). The fourth-order valence-electron chi connectivity index (χ4n) is 0.988. The van der Waals surface area contributed by atoms with Crippen molar-refractivity contribution in [1.29, 1.82) is 5.26 Å². The van der Waals surface area contributed by atoms with Gasteiger partial charge >= 0.3 is 0 Å². The lowest BCUT2D eigenvalue weighted by Crippen LogP contribution is -2.38. The lowest BCUT2D eigenvalue weighted by atomic mass is 10.2. The van der Waals surface area contributed by atoms with E-state index in [1.807, 2.05) is 6.07 Å². The average molecular weight is 206 g/mol. The first-order valence-electron chi connectivity index (χ1n) is 4.68. The number of hydrogen-bond donors (Lipinski definition) is 3. The van der Waals surface area contributed by atoms with Crippen LogP contribution < -0.4 is 11.1 Å². The van der Waals surface area contributed by atoms with E-state index < -0.39 is 6.10 Å². The van der Waals surface area contributed by atoms with E-state index in [9.17, 15) is 0 Å². The van der Waals surface area contributed by atoms with Crippen LogP contribution in [0.2, 0.25) is 0 Å². The van der Waals surface area contributed by atoms with Gasteiger partial charge in [0.25, 0.3) is 0 Å². The zero-order chi connectivity index (χ0) is 11.3. The molecule has 0 aliphatic heterocycles. The van der Waals surface area contributed by atoms with Crippen LogP contribution in [0, 0.1) is 11.3 Å². The summed E-state index contributed by atoms with van der Waals surface area (Å²) in [6.45, 7) is 2.05. The smallest absolute Gasteiger partial charge is 0.142 e. The number of nitrogens with zero attached hydrogens (tertiary/aromatic N) is 2. The van der Waals surface area contributed by atoms with E-state index >= 15 is 0 Å². The summed E-state index contributed by atoms with van der Waals surface area (Å²) in [6.07, 6.45) is -0.573. The predicted molar refractivity (Wildman–Crippen MR) is 57.1 cm³/mol. The second-order valence-electron chi connectivity index (χ2n) is 3.31. The summed E-state index contributed by atoms with van der Waals surface area (Å²) < 4.78 is 0. The van der Waals surface area contributed by atoms with Gasteiger partial charge in [0.05, 0.1) is 6.10 Å². The van der Waals surface area contributed by atoms with Crippen molar-refractivity contribution >= 4 is 5.82 Å². The molecule has 5 heteroatoms. The van der Waals surface area contributed by atoms with Gasteiger partial charge in [-0.05, 0) is 19.1 Å². The molecule has 1 heterocycles. The van der Waals surface area contributed by atoms with E-state index in [2.05, 4.69) is 10.3 Å². The third kappa shape index (κ3) is 3.54. The van der Waals surface area contributed by atoms with E-state index in [1.54, 1.807) is 25.1 Å². The Morgan fingerprint density at radius 1 is 1.67 bits per heavy atom. The number of nitrogens with two attached hydrogens (primary N) is 1. The maximum absolute atomic E-state index is 9.16. The van der Waals surface area contributed by atoms with Gasteiger partial charge in [0, 0.05) is 12.6 Å². The maximum atomic E-state index is 9.16. The molecule has 80 valence electrons. The van der Waals surface area contributed by atoms with Crippen LogP contribution in [0.4, 0.5) is 5.82 Å². The molecule has 0 amide bonds. The molecule has 2 atom stereocenters. The quantitative estimate of drug-likeness (QED) is 0.648. The Morgan fingerprint density at radius 3 is 3.00 bits per heavy atom. The molecule has 0 aliphatic rings. The first-order valence-corrected chi connectivity index (χ1v) is 4.68. The second-order valence-corrected chi connectivity index (χ2v) is 3.31. The largest absolute Gasteiger partial charge is 0.392 e. The lowest BCUT2D eigenvalue weighted by molar-refractivity contribution is 0.168. The first kappa shape index (κ1) is 11.4. The van der Waals surface area contributed by atoms with Crippen molar-refractivity contribution in [3.8, 4) is 6.07 Å². The molecule has 1 aromatic rings. The Balaban J connectivity index is 2.55. The second kappa shape index (κ2) is 5.29. The normalized spacial score (nSPS) is 14.0. The molecule has 0 aliphatic carbocycles. The molecule has 0 spiro atoms. The first-order chi connectivity index (χ1) is 7.13. The highest BCUT2D eigenvalue weighted by atomic mass is 16.3. The van der Waals surface area contributed by atoms with Gasteiger partial charge < -0.3 is 16.2 Å². The van der Waals surface area contributed by atoms with Crippen molar-refractivity contribution in [2.45, 2.75) is 19.1 Å². The van der Waals surface area contributed by atoms with Crippen LogP contribution in [-0.2, 0) is 0 Å². The van der Waals surface area contributed by atoms with Crippen LogP contribution in [0.5, 0.6) is 0 Å². The Morgan fingerprint density at radius 2 is 2.40 bits per heavy atom. The molecule has 4 N–H and O–H groups in total. The third-order valence-corrected chi connectivity index (χ3v) is 2.00. The van der Waals surface area contributed by atoms with Crippen molar-refractivity contribution in [2.24, 2.45) is 5.73 Å². The number of anilines is 1. The predicted octanol–water partition coefficient (Wildman–Crippen LogP) is 0.0733. The minimum atomic E-state index is -0.573. The highest BCUT2D eigenvalue weighted by Crippen LogP contribution is 2.03. The van der Waals surface area contributed by atoms with E-state index in [0.717, 1.165) is 0 Å². The fraction of sp³-hybridized carbons (Fsp3) is 0.400. The third-order valence-electron chi connectivity index (χ3n) is 2.00. The van der Waals surface area contributed by atoms with Crippen LogP contribution in [0.15, 0.2) is 18.2 Å². The van der Waals surface area contributed by atoms with Crippen LogP contribution >= 0.6 is 0 Å². The Labute approximate surface area is 88.6 Å². The monoisotopic (exact) mass is 206 g/mol. The summed E-state index contributed by atoms with van der Waals surface area (Å²) in [6, 6.07) is 6.70. The Bertz CT molecular complexity index is 359. The topological polar surface area (TPSA) is 95.0 Å². The number of aromatic nitrogens is 1. The van der Waals surface area contributed by atoms with Gasteiger partial charge in [0.15, 0.2) is 0 Å². The molecule has 15 heavy (non-hydrogen) atoms. The van der Waals surface area contributed by atoms with E-state index in [1.165, 1.54) is 0 Å². The molecule has 0 saturated heterocycles. The zero-order valence-electron chi connectivity index (χ0n) is 8.51. The fourth-order valence-corrected chi connectivity index (χ4v) is 0.988. The van der Waals surface area contributed by atoms with Crippen molar-refractivity contribution in [2.75, 3.05) is 11.9 Å². The summed E-state index contributed by atoms with van der Waals surface area (Å²) in [7, 11) is 0. The highest BCUT2D eigenvalue weighted by molar-refractivity contribution is 5.38. The van der Waals surface area contributed by atoms with E-state index in [0.29, 0.717) is 18.1 Å². The van der Waals surface area contributed by atoms with Crippen LogP contribution in [0.3, 0.4) is 0 Å². The summed E-state index contributed by atoms with van der Waals surface area (Å²) in [4.78, 5) is 4.01. The van der Waals surface area contributed by atoms with Gasteiger partial charge in [-0.25, -0.2) is 4.98 Å². The van der Waals surface area contributed by atoms with Crippen molar-refractivity contribution in [3.63, 3.8) is 0 Å². The van der Waals surface area contributed by atoms with Crippen molar-refractivity contribution in [1.82, 2.24) is 4.98 Å². The lowest BCUT2D eigenvalue weighted by Gasteiger charge is -2.15. The minimum Gasteiger partial charge on any atom is -0.392 e. The molecule has 0 bridgehead atoms. The van der Waals surface area contributed by atoms with Crippen LogP contribution in [-0.4, -0.2) is 28.8 Å². The molecule has 1 rings (SSSR count). The number of aliphatic hydroxyl groups is 1. The van der Waals surface area contributed by atoms with Gasteiger partial charge in [-0.15, -0.1) is 0 Å². The minimum absolute atomic E-state index is 0.349. The molecule has 5 nitrogen and oxygen atoms in total. The van der Waals surface area contributed by atoms with Crippen LogP contribution in [0.1, 0.15) is 12.6 Å². The Kier molecular flexibility index (Phi) is 4.03. The number of nitrogens with one attached hydrogen (secondary N) is 1. The highest BCUT2D eigenvalue weighted by Gasteiger charge is 2.08. The number of hydrogen-bond acceptors (Lipinski definition) is 5. The van der Waals surface area contributed by atoms with Gasteiger partial charge in [-0.3, -0.25) is 0 Å². The molecular weight excluding hydrogens is 192 g/mol. The van der Waals surface area contributed by atoms with Gasteiger partial charge in [-0.1, -0.05) is 6.07 Å². The molecule has 0 fully saturated rings. The zero-order valence-corrected chi connectivity index (χ0v) is 8.51. The average Bonchev–Trinajstić information content (AvgIpc) is 2.26. The van der Waals surface area contributed by atoms with Crippen molar-refractivity contribution in [3.05, 3.63) is 23.9 Å². The maximum Gasteiger partial charge on any atom is 0.142 e. The van der Waals surface area contributed by atoms with Gasteiger partial charge in [0.2, 0.25) is 0 Å². The van der Waals surface area contributed by atoms with Crippen molar-refractivity contribution < 1.29 is 5.11 Å². The molecule has 1 aromatic heterocycles. The van der Waals surface area contributed by atoms with Crippen LogP contribution in [0.25, 0.3) is 0 Å². The SMILES string of the molecule is CC(O)C(N)CNc1cccc(C#N)n1. The summed E-state index contributed by atoms with van der Waals surface area (Å²) in [5.74, 6) is 0.588. The Hall–Kier alpha value is -1.64. The number of rotatable bonds is 4.